The molecule has 0 spiro atoms. The average molecular weight is 261 g/mol. The van der Waals surface area contributed by atoms with Gasteiger partial charge in [-0.2, -0.15) is 0 Å². The monoisotopic (exact) mass is 260 g/mol. The van der Waals surface area contributed by atoms with Crippen LogP contribution in [0.2, 0.25) is 0 Å². The molecule has 0 aliphatic carbocycles. The highest BCUT2D eigenvalue weighted by Gasteiger charge is 2.01. The van der Waals surface area contributed by atoms with Crippen molar-refractivity contribution in [2.45, 2.75) is 19.3 Å². The van der Waals surface area contributed by atoms with Gasteiger partial charge in [0.2, 0.25) is 5.91 Å². The fourth-order valence-corrected chi connectivity index (χ4v) is 1.33. The van der Waals surface area contributed by atoms with Gasteiger partial charge in [0, 0.05) is 13.0 Å². The van der Waals surface area contributed by atoms with E-state index < -0.39 is 0 Å². The van der Waals surface area contributed by atoms with E-state index in [4.69, 9.17) is 5.73 Å². The number of hydrogen-bond donors (Lipinski definition) is 2. The fourth-order valence-electron chi connectivity index (χ4n) is 1.33. The molecule has 3 N–H and O–H groups in total. The van der Waals surface area contributed by atoms with Crippen molar-refractivity contribution >= 4 is 18.3 Å². The molecule has 0 radical (unpaired) electrons. The Morgan fingerprint density at radius 3 is 2.53 bits per heavy atom. The number of amides is 1. The van der Waals surface area contributed by atoms with Gasteiger partial charge in [-0.3, -0.25) is 4.79 Å². The number of nitrogens with two attached hydrogens (primary N) is 1. The first-order chi connectivity index (χ1) is 7.72. The Balaban J connectivity index is 0.00000256. The van der Waals surface area contributed by atoms with Crippen molar-refractivity contribution in [2.24, 2.45) is 5.73 Å². The molecule has 0 bridgehead atoms. The van der Waals surface area contributed by atoms with Crippen LogP contribution in [0.1, 0.15) is 18.4 Å². The van der Waals surface area contributed by atoms with Gasteiger partial charge in [0.25, 0.3) is 0 Å². The van der Waals surface area contributed by atoms with E-state index in [0.717, 1.165) is 12.0 Å². The van der Waals surface area contributed by atoms with Gasteiger partial charge < -0.3 is 11.1 Å². The second-order valence-corrected chi connectivity index (χ2v) is 3.62. The molecular weight excluding hydrogens is 243 g/mol. The van der Waals surface area contributed by atoms with Crippen LogP contribution >= 0.6 is 12.4 Å². The predicted octanol–water partition coefficient (Wildman–Crippen LogP) is 1.65. The molecule has 0 heterocycles. The van der Waals surface area contributed by atoms with Crippen LogP contribution in [0.3, 0.4) is 0 Å². The summed E-state index contributed by atoms with van der Waals surface area (Å²) in [6.45, 7) is 1.21. The highest BCUT2D eigenvalue weighted by atomic mass is 35.5. The first-order valence-electron chi connectivity index (χ1n) is 5.43. The lowest BCUT2D eigenvalue weighted by Gasteiger charge is -2.04. The molecule has 0 aliphatic heterocycles. The number of carbonyl (C=O) groups excluding carboxylic acids is 1. The standard InChI is InChI=1S/C12H17FN2O.ClH/c13-11-5-2-10(3-6-11)4-7-12(16)15-9-1-8-14;/h2-3,5-6H,1,4,7-9,14H2,(H,15,16);1H. The summed E-state index contributed by atoms with van der Waals surface area (Å²) in [6, 6.07) is 6.20. The van der Waals surface area contributed by atoms with Crippen LogP contribution in [-0.2, 0) is 11.2 Å². The Labute approximate surface area is 107 Å². The maximum atomic E-state index is 12.6. The van der Waals surface area contributed by atoms with Gasteiger partial charge in [-0.15, -0.1) is 12.4 Å². The van der Waals surface area contributed by atoms with E-state index in [9.17, 15) is 9.18 Å². The first-order valence-corrected chi connectivity index (χ1v) is 5.43. The third-order valence-electron chi connectivity index (χ3n) is 2.26. The number of halogens is 2. The summed E-state index contributed by atoms with van der Waals surface area (Å²) in [5.74, 6) is -0.242. The number of nitrogens with one attached hydrogen (secondary N) is 1. The highest BCUT2D eigenvalue weighted by Crippen LogP contribution is 2.05. The molecule has 1 amide bonds. The van der Waals surface area contributed by atoms with Crippen LogP contribution in [0.4, 0.5) is 4.39 Å². The molecule has 0 aromatic heterocycles. The molecule has 0 saturated heterocycles. The van der Waals surface area contributed by atoms with Gasteiger partial charge in [0.15, 0.2) is 0 Å². The zero-order valence-electron chi connectivity index (χ0n) is 9.62. The summed E-state index contributed by atoms with van der Waals surface area (Å²) in [5.41, 5.74) is 6.28. The molecule has 0 aliphatic rings. The zero-order valence-corrected chi connectivity index (χ0v) is 10.4. The zero-order chi connectivity index (χ0) is 11.8. The lowest BCUT2D eigenvalue weighted by molar-refractivity contribution is -0.121. The summed E-state index contributed by atoms with van der Waals surface area (Å²) in [7, 11) is 0. The van der Waals surface area contributed by atoms with Crippen LogP contribution in [0, 0.1) is 5.82 Å². The van der Waals surface area contributed by atoms with E-state index in [0.29, 0.717) is 25.9 Å². The summed E-state index contributed by atoms with van der Waals surface area (Å²) in [5, 5.41) is 2.77. The molecule has 17 heavy (non-hydrogen) atoms. The highest BCUT2D eigenvalue weighted by molar-refractivity contribution is 5.85. The van der Waals surface area contributed by atoms with Crippen molar-refractivity contribution < 1.29 is 9.18 Å². The number of carbonyl (C=O) groups is 1. The SMILES string of the molecule is Cl.NCCCNC(=O)CCc1ccc(F)cc1. The minimum Gasteiger partial charge on any atom is -0.356 e. The van der Waals surface area contributed by atoms with Crippen molar-refractivity contribution in [3.05, 3.63) is 35.6 Å². The Morgan fingerprint density at radius 2 is 1.94 bits per heavy atom. The molecule has 0 unspecified atom stereocenters. The smallest absolute Gasteiger partial charge is 0.220 e. The summed E-state index contributed by atoms with van der Waals surface area (Å²) >= 11 is 0. The molecule has 96 valence electrons. The van der Waals surface area contributed by atoms with Crippen molar-refractivity contribution in [2.75, 3.05) is 13.1 Å². The molecule has 5 heteroatoms. The molecule has 1 aromatic carbocycles. The van der Waals surface area contributed by atoms with Crippen molar-refractivity contribution in [3.63, 3.8) is 0 Å². The van der Waals surface area contributed by atoms with Gasteiger partial charge in [-0.1, -0.05) is 12.1 Å². The Bertz CT molecular complexity index is 330. The Hall–Kier alpha value is -1.13. The van der Waals surface area contributed by atoms with E-state index in [2.05, 4.69) is 5.32 Å². The van der Waals surface area contributed by atoms with Gasteiger partial charge in [0.05, 0.1) is 0 Å². The van der Waals surface area contributed by atoms with Crippen molar-refractivity contribution in [1.29, 1.82) is 0 Å². The minimum atomic E-state index is -0.254. The molecule has 3 nitrogen and oxygen atoms in total. The summed E-state index contributed by atoms with van der Waals surface area (Å²) in [6.07, 6.45) is 1.85. The van der Waals surface area contributed by atoms with Crippen LogP contribution in [0.25, 0.3) is 0 Å². The van der Waals surface area contributed by atoms with E-state index in [1.165, 1.54) is 12.1 Å². The number of rotatable bonds is 6. The Morgan fingerprint density at radius 1 is 1.29 bits per heavy atom. The number of aryl methyl sites for hydroxylation is 1. The van der Waals surface area contributed by atoms with Crippen LogP contribution in [0.5, 0.6) is 0 Å². The topological polar surface area (TPSA) is 55.1 Å². The van der Waals surface area contributed by atoms with Crippen LogP contribution in [0.15, 0.2) is 24.3 Å². The largest absolute Gasteiger partial charge is 0.356 e. The molecule has 1 aromatic rings. The fraction of sp³-hybridized carbons (Fsp3) is 0.417. The second kappa shape index (κ2) is 8.96. The maximum Gasteiger partial charge on any atom is 0.220 e. The predicted molar refractivity (Wildman–Crippen MR) is 68.7 cm³/mol. The second-order valence-electron chi connectivity index (χ2n) is 3.62. The summed E-state index contributed by atoms with van der Waals surface area (Å²) in [4.78, 5) is 11.3. The van der Waals surface area contributed by atoms with Crippen LogP contribution in [-0.4, -0.2) is 19.0 Å². The van der Waals surface area contributed by atoms with Crippen LogP contribution < -0.4 is 11.1 Å². The average Bonchev–Trinajstić information content (AvgIpc) is 2.29. The lowest BCUT2D eigenvalue weighted by Crippen LogP contribution is -2.26. The lowest BCUT2D eigenvalue weighted by atomic mass is 10.1. The van der Waals surface area contributed by atoms with Crippen molar-refractivity contribution in [3.8, 4) is 0 Å². The van der Waals surface area contributed by atoms with E-state index in [-0.39, 0.29) is 24.1 Å². The molecule has 0 atom stereocenters. The normalized spacial score (nSPS) is 9.53. The van der Waals surface area contributed by atoms with E-state index >= 15 is 0 Å². The number of hydrogen-bond acceptors (Lipinski definition) is 2. The first kappa shape index (κ1) is 15.9. The third-order valence-corrected chi connectivity index (χ3v) is 2.26. The number of benzene rings is 1. The molecule has 1 rings (SSSR count). The molecule has 0 fully saturated rings. The molecular formula is C12H18ClFN2O. The third kappa shape index (κ3) is 6.92. The minimum absolute atomic E-state index is 0. The summed E-state index contributed by atoms with van der Waals surface area (Å²) < 4.78 is 12.6. The van der Waals surface area contributed by atoms with E-state index in [1.54, 1.807) is 12.1 Å². The quantitative estimate of drug-likeness (QED) is 0.764. The maximum absolute atomic E-state index is 12.6. The Kier molecular flexibility index (Phi) is 8.36. The van der Waals surface area contributed by atoms with Gasteiger partial charge in [-0.05, 0) is 37.1 Å². The molecule has 0 saturated carbocycles. The van der Waals surface area contributed by atoms with Gasteiger partial charge >= 0.3 is 0 Å². The van der Waals surface area contributed by atoms with E-state index in [1.807, 2.05) is 0 Å². The van der Waals surface area contributed by atoms with Crippen molar-refractivity contribution in [1.82, 2.24) is 5.32 Å². The van der Waals surface area contributed by atoms with Gasteiger partial charge in [0.1, 0.15) is 5.82 Å². The van der Waals surface area contributed by atoms with Gasteiger partial charge in [-0.25, -0.2) is 4.39 Å².